The van der Waals surface area contributed by atoms with Crippen molar-refractivity contribution in [3.05, 3.63) is 187 Å². The van der Waals surface area contributed by atoms with Crippen molar-refractivity contribution in [2.75, 3.05) is 11.5 Å². The molecule has 0 unspecified atom stereocenters. The fraction of sp³-hybridized carbons (Fsp3) is 0. The van der Waals surface area contributed by atoms with Crippen LogP contribution in [-0.2, 0) is 0 Å². The van der Waals surface area contributed by atoms with Crippen molar-refractivity contribution in [1.82, 2.24) is 0 Å². The van der Waals surface area contributed by atoms with Crippen LogP contribution in [0.2, 0.25) is 5.02 Å². The summed E-state index contributed by atoms with van der Waals surface area (Å²) in [5.74, 6) is 0. The third-order valence-electron chi connectivity index (χ3n) is 8.39. The van der Waals surface area contributed by atoms with Crippen molar-refractivity contribution in [1.29, 1.82) is 0 Å². The molecule has 8 rings (SSSR count). The van der Waals surface area contributed by atoms with Crippen LogP contribution in [-0.4, -0.2) is 17.2 Å². The molecule has 0 fully saturated rings. The predicted octanol–water partition coefficient (Wildman–Crippen LogP) is 9.86. The Balaban J connectivity index is 0.000000138. The van der Waals surface area contributed by atoms with E-state index >= 15 is 0 Å². The molecule has 0 aromatic heterocycles. The summed E-state index contributed by atoms with van der Waals surface area (Å²) in [6, 6.07) is 60.2. The zero-order chi connectivity index (χ0) is 34.9. The van der Waals surface area contributed by atoms with Gasteiger partial charge < -0.3 is 21.5 Å². The van der Waals surface area contributed by atoms with Crippen LogP contribution < -0.4 is 16.9 Å². The van der Waals surface area contributed by atoms with Crippen LogP contribution in [0.3, 0.4) is 0 Å². The number of nitrogens with two attached hydrogens (primary N) is 2. The Kier molecular flexibility index (Phi) is 10.9. The zero-order valence-electron chi connectivity index (χ0n) is 27.3. The minimum absolute atomic E-state index is 0.527. The molecule has 4 nitrogen and oxygen atoms in total. The van der Waals surface area contributed by atoms with Gasteiger partial charge in [-0.15, -0.1) is 0 Å². The lowest BCUT2D eigenvalue weighted by molar-refractivity contribution is 0.426. The summed E-state index contributed by atoms with van der Waals surface area (Å²) in [4.78, 5) is 0. The van der Waals surface area contributed by atoms with Crippen LogP contribution in [0.4, 0.5) is 11.4 Å². The maximum Gasteiger partial charge on any atom is 0.488 e. The van der Waals surface area contributed by atoms with E-state index in [0.29, 0.717) is 10.5 Å². The minimum atomic E-state index is -1.38. The number of hydrogen-bond acceptors (Lipinski definition) is 4. The number of halogens is 1. The SMILES string of the molecule is Nc1ccc(-c2ccc3ccccc3c2)cc1-c1ccccc1.Nc1ccc(Cl)cc1-c1ccccc1.OB(O)c1ccc2ccccc2c1. The molecule has 8 aromatic carbocycles. The number of benzene rings is 8. The van der Waals surface area contributed by atoms with Crippen molar-refractivity contribution in [3.63, 3.8) is 0 Å². The molecule has 0 atom stereocenters. The van der Waals surface area contributed by atoms with Gasteiger partial charge in [-0.05, 0) is 85.7 Å². The van der Waals surface area contributed by atoms with Gasteiger partial charge in [-0.3, -0.25) is 0 Å². The third kappa shape index (κ3) is 8.41. The van der Waals surface area contributed by atoms with Crippen molar-refractivity contribution in [3.8, 4) is 33.4 Å². The average molecular weight is 671 g/mol. The smallest absolute Gasteiger partial charge is 0.423 e. The van der Waals surface area contributed by atoms with Crippen LogP contribution in [0.15, 0.2) is 182 Å². The number of nitrogen functional groups attached to an aromatic ring is 2. The summed E-state index contributed by atoms with van der Waals surface area (Å²) in [5.41, 5.74) is 20.8. The molecule has 244 valence electrons. The molecule has 0 bridgehead atoms. The van der Waals surface area contributed by atoms with Crippen molar-refractivity contribution in [2.24, 2.45) is 0 Å². The molecule has 8 aromatic rings. The number of anilines is 2. The van der Waals surface area contributed by atoms with Crippen LogP contribution in [0.1, 0.15) is 0 Å². The highest BCUT2D eigenvalue weighted by Gasteiger charge is 2.10. The number of fused-ring (bicyclic) bond motifs is 2. The van der Waals surface area contributed by atoms with E-state index in [1.807, 2.05) is 97.1 Å². The summed E-state index contributed by atoms with van der Waals surface area (Å²) in [6.45, 7) is 0. The van der Waals surface area contributed by atoms with Gasteiger partial charge in [0.15, 0.2) is 0 Å². The summed E-state index contributed by atoms with van der Waals surface area (Å²) >= 11 is 5.91. The van der Waals surface area contributed by atoms with Crippen LogP contribution in [0, 0.1) is 0 Å². The molecule has 0 saturated heterocycles. The Morgan fingerprint density at radius 2 is 0.820 bits per heavy atom. The summed E-state index contributed by atoms with van der Waals surface area (Å²) < 4.78 is 0. The molecule has 50 heavy (non-hydrogen) atoms. The van der Waals surface area contributed by atoms with Gasteiger partial charge in [0.1, 0.15) is 0 Å². The van der Waals surface area contributed by atoms with Gasteiger partial charge in [0, 0.05) is 27.5 Å². The quantitative estimate of drug-likeness (QED) is 0.111. The number of rotatable bonds is 4. The maximum absolute atomic E-state index is 8.94. The van der Waals surface area contributed by atoms with E-state index in [-0.39, 0.29) is 0 Å². The first kappa shape index (κ1) is 34.0. The van der Waals surface area contributed by atoms with E-state index in [1.165, 1.54) is 21.9 Å². The van der Waals surface area contributed by atoms with Crippen molar-refractivity contribution >= 4 is 57.1 Å². The fourth-order valence-electron chi connectivity index (χ4n) is 5.74. The number of hydrogen-bond donors (Lipinski definition) is 4. The molecule has 0 saturated carbocycles. The van der Waals surface area contributed by atoms with Gasteiger partial charge in [-0.25, -0.2) is 0 Å². The lowest BCUT2D eigenvalue weighted by Crippen LogP contribution is -2.29. The fourth-order valence-corrected chi connectivity index (χ4v) is 5.91. The third-order valence-corrected chi connectivity index (χ3v) is 8.63. The highest BCUT2D eigenvalue weighted by molar-refractivity contribution is 6.58. The molecule has 0 aliphatic heterocycles. The maximum atomic E-state index is 8.94. The summed E-state index contributed by atoms with van der Waals surface area (Å²) in [6.07, 6.45) is 0. The second kappa shape index (κ2) is 16.0. The highest BCUT2D eigenvalue weighted by Crippen LogP contribution is 2.32. The Labute approximate surface area is 298 Å². The highest BCUT2D eigenvalue weighted by atomic mass is 35.5. The van der Waals surface area contributed by atoms with Gasteiger partial charge in [0.05, 0.1) is 0 Å². The average Bonchev–Trinajstić information content (AvgIpc) is 3.17. The first-order valence-electron chi connectivity index (χ1n) is 16.2. The van der Waals surface area contributed by atoms with Gasteiger partial charge in [0.2, 0.25) is 0 Å². The molecule has 0 aliphatic rings. The van der Waals surface area contributed by atoms with Gasteiger partial charge in [0.25, 0.3) is 0 Å². The van der Waals surface area contributed by atoms with E-state index in [0.717, 1.165) is 44.4 Å². The van der Waals surface area contributed by atoms with Crippen molar-refractivity contribution < 1.29 is 10.0 Å². The molecule has 0 radical (unpaired) electrons. The van der Waals surface area contributed by atoms with E-state index in [4.69, 9.17) is 33.1 Å². The lowest BCUT2D eigenvalue weighted by atomic mass is 9.79. The molecule has 6 N–H and O–H groups in total. The normalized spacial score (nSPS) is 10.5. The summed E-state index contributed by atoms with van der Waals surface area (Å²) in [7, 11) is -1.38. The lowest BCUT2D eigenvalue weighted by Gasteiger charge is -2.10. The second-order valence-corrected chi connectivity index (χ2v) is 12.2. The van der Waals surface area contributed by atoms with Gasteiger partial charge in [-0.1, -0.05) is 157 Å². The minimum Gasteiger partial charge on any atom is -0.423 e. The van der Waals surface area contributed by atoms with Crippen LogP contribution in [0.25, 0.3) is 54.9 Å². The molecule has 0 spiro atoms. The molecular weight excluding hydrogens is 635 g/mol. The monoisotopic (exact) mass is 670 g/mol. The molecule has 0 heterocycles. The Morgan fingerprint density at radius 1 is 0.380 bits per heavy atom. The second-order valence-electron chi connectivity index (χ2n) is 11.8. The van der Waals surface area contributed by atoms with Gasteiger partial charge in [-0.2, -0.15) is 0 Å². The Hall–Kier alpha value is -5.85. The van der Waals surface area contributed by atoms with Crippen LogP contribution in [0.5, 0.6) is 0 Å². The van der Waals surface area contributed by atoms with E-state index in [2.05, 4.69) is 66.7 Å². The molecule has 0 amide bonds. The van der Waals surface area contributed by atoms with Crippen LogP contribution >= 0.6 is 11.6 Å². The van der Waals surface area contributed by atoms with E-state index < -0.39 is 7.12 Å². The predicted molar refractivity (Wildman–Crippen MR) is 214 cm³/mol. The van der Waals surface area contributed by atoms with E-state index in [1.54, 1.807) is 18.2 Å². The Bertz CT molecular complexity index is 2350. The molecule has 6 heteroatoms. The van der Waals surface area contributed by atoms with Crippen molar-refractivity contribution in [2.45, 2.75) is 0 Å². The first-order valence-corrected chi connectivity index (χ1v) is 16.6. The summed E-state index contributed by atoms with van der Waals surface area (Å²) in [5, 5.41) is 23.2. The first-order chi connectivity index (χ1) is 24.4. The largest absolute Gasteiger partial charge is 0.488 e. The topological polar surface area (TPSA) is 92.5 Å². The molecular formula is C44H36BClN2O2. The standard InChI is InChI=1S/C22H17N.C12H10ClN.C10H9BO2/c23-22-13-12-20(15-21(22)17-7-2-1-3-8-17)19-11-10-16-6-4-5-9-18(16)14-19;13-10-6-7-12(14)11(8-10)9-4-2-1-3-5-9;12-11(13)10-6-5-8-3-1-2-4-9(8)7-10/h1-15H,23H2;1-8H,14H2;1-7,12-13H. The van der Waals surface area contributed by atoms with Gasteiger partial charge >= 0.3 is 7.12 Å². The Morgan fingerprint density at radius 3 is 1.40 bits per heavy atom. The molecule has 0 aliphatic carbocycles. The zero-order valence-corrected chi connectivity index (χ0v) is 28.1. The van der Waals surface area contributed by atoms with E-state index in [9.17, 15) is 0 Å².